The first-order chi connectivity index (χ1) is 11.8. The quantitative estimate of drug-likeness (QED) is 0.672. The number of nitrogens with two attached hydrogens (primary N) is 1. The Morgan fingerprint density at radius 3 is 2.50 bits per heavy atom. The van der Waals surface area contributed by atoms with Crippen LogP contribution in [0.1, 0.15) is 18.9 Å². The number of halogens is 1. The van der Waals surface area contributed by atoms with Gasteiger partial charge in [-0.1, -0.05) is 30.3 Å². The van der Waals surface area contributed by atoms with Crippen LogP contribution in [0.25, 0.3) is 0 Å². The maximum atomic E-state index is 12.5. The van der Waals surface area contributed by atoms with Crippen LogP contribution in [-0.4, -0.2) is 61.8 Å². The zero-order valence-electron chi connectivity index (χ0n) is 14.8. The van der Waals surface area contributed by atoms with Crippen LogP contribution < -0.4 is 11.1 Å². The van der Waals surface area contributed by atoms with Gasteiger partial charge in [-0.2, -0.15) is 0 Å². The van der Waals surface area contributed by atoms with Crippen LogP contribution in [0.2, 0.25) is 0 Å². The van der Waals surface area contributed by atoms with Crippen LogP contribution in [0, 0.1) is 0 Å². The number of amides is 2. The lowest BCUT2D eigenvalue weighted by Crippen LogP contribution is -2.50. The SMILES string of the molecule is CCN(CC(=O)NC1CCS(=O)(=O)C1)C(=O)[C@@H](N)Cc1ccccc1.Cl. The summed E-state index contributed by atoms with van der Waals surface area (Å²) in [5.74, 6) is -0.590. The largest absolute Gasteiger partial charge is 0.351 e. The molecule has 7 nitrogen and oxygen atoms in total. The first-order valence-corrected chi connectivity index (χ1v) is 10.2. The molecule has 0 aliphatic carbocycles. The minimum atomic E-state index is -3.05. The van der Waals surface area contributed by atoms with Crippen LogP contribution in [0.15, 0.2) is 30.3 Å². The van der Waals surface area contributed by atoms with Crippen molar-refractivity contribution in [1.82, 2.24) is 10.2 Å². The predicted octanol–water partition coefficient (Wildman–Crippen LogP) is 0.130. The molecule has 0 aromatic heterocycles. The average Bonchev–Trinajstić information content (AvgIpc) is 2.91. The van der Waals surface area contributed by atoms with E-state index in [0.717, 1.165) is 5.56 Å². The molecule has 0 spiro atoms. The Morgan fingerprint density at radius 1 is 1.31 bits per heavy atom. The van der Waals surface area contributed by atoms with E-state index >= 15 is 0 Å². The second-order valence-electron chi connectivity index (χ2n) is 6.32. The van der Waals surface area contributed by atoms with E-state index in [2.05, 4.69) is 5.32 Å². The van der Waals surface area contributed by atoms with Gasteiger partial charge in [0.1, 0.15) is 0 Å². The molecule has 26 heavy (non-hydrogen) atoms. The zero-order valence-corrected chi connectivity index (χ0v) is 16.4. The summed E-state index contributed by atoms with van der Waals surface area (Å²) in [5.41, 5.74) is 6.96. The summed E-state index contributed by atoms with van der Waals surface area (Å²) in [5, 5.41) is 2.69. The Labute approximate surface area is 160 Å². The lowest BCUT2D eigenvalue weighted by atomic mass is 10.1. The second kappa shape index (κ2) is 9.89. The molecule has 1 unspecified atom stereocenters. The van der Waals surface area contributed by atoms with Crippen molar-refractivity contribution in [3.8, 4) is 0 Å². The van der Waals surface area contributed by atoms with Gasteiger partial charge >= 0.3 is 0 Å². The van der Waals surface area contributed by atoms with Gasteiger partial charge in [0.2, 0.25) is 11.8 Å². The highest BCUT2D eigenvalue weighted by molar-refractivity contribution is 7.91. The number of benzene rings is 1. The molecule has 1 aliphatic heterocycles. The van der Waals surface area contributed by atoms with Crippen molar-refractivity contribution >= 4 is 34.1 Å². The number of hydrogen-bond acceptors (Lipinski definition) is 5. The molecule has 1 aromatic carbocycles. The fraction of sp³-hybridized carbons (Fsp3) is 0.529. The summed E-state index contributed by atoms with van der Waals surface area (Å²) >= 11 is 0. The highest BCUT2D eigenvalue weighted by atomic mass is 35.5. The lowest BCUT2D eigenvalue weighted by Gasteiger charge is -2.24. The fourth-order valence-electron chi connectivity index (χ4n) is 2.89. The van der Waals surface area contributed by atoms with Gasteiger partial charge in [0.15, 0.2) is 9.84 Å². The first-order valence-electron chi connectivity index (χ1n) is 8.39. The molecule has 2 rings (SSSR count). The normalized spacial score (nSPS) is 19.2. The van der Waals surface area contributed by atoms with Crippen LogP contribution in [0.4, 0.5) is 0 Å². The van der Waals surface area contributed by atoms with E-state index in [9.17, 15) is 18.0 Å². The lowest BCUT2D eigenvalue weighted by molar-refractivity contribution is -0.137. The van der Waals surface area contributed by atoms with Crippen LogP contribution >= 0.6 is 12.4 Å². The Kier molecular flexibility index (Phi) is 8.52. The molecule has 0 radical (unpaired) electrons. The van der Waals surface area contributed by atoms with Crippen LogP contribution in [-0.2, 0) is 25.8 Å². The average molecular weight is 404 g/mol. The minimum absolute atomic E-state index is 0. The van der Waals surface area contributed by atoms with Crippen LogP contribution in [0.5, 0.6) is 0 Å². The molecule has 1 fully saturated rings. The van der Waals surface area contributed by atoms with Gasteiger partial charge in [-0.3, -0.25) is 9.59 Å². The third-order valence-corrected chi connectivity index (χ3v) is 6.01. The zero-order chi connectivity index (χ0) is 18.4. The number of likely N-dealkylation sites (N-methyl/N-ethyl adjacent to an activating group) is 1. The summed E-state index contributed by atoms with van der Waals surface area (Å²) in [6.07, 6.45) is 0.820. The highest BCUT2D eigenvalue weighted by Crippen LogP contribution is 2.11. The standard InChI is InChI=1S/C17H25N3O4S.ClH/c1-2-20(11-16(21)19-14-8-9-25(23,24)12-14)17(22)15(18)10-13-6-4-3-5-7-13;/h3-7,14-15H,2,8-12,18H2,1H3,(H,19,21);1H/t14?,15-;/m0./s1. The van der Waals surface area contributed by atoms with E-state index in [1.807, 2.05) is 30.3 Å². The predicted molar refractivity (Wildman–Crippen MR) is 103 cm³/mol. The summed E-state index contributed by atoms with van der Waals surface area (Å²) in [7, 11) is -3.05. The molecule has 9 heteroatoms. The van der Waals surface area contributed by atoms with Gasteiger partial charge in [0.25, 0.3) is 0 Å². The van der Waals surface area contributed by atoms with Gasteiger partial charge in [-0.15, -0.1) is 12.4 Å². The molecule has 3 N–H and O–H groups in total. The third kappa shape index (κ3) is 6.59. The summed E-state index contributed by atoms with van der Waals surface area (Å²) in [4.78, 5) is 26.0. The molecular formula is C17H26ClN3O4S. The minimum Gasteiger partial charge on any atom is -0.351 e. The molecule has 1 aromatic rings. The summed E-state index contributed by atoms with van der Waals surface area (Å²) in [6.45, 7) is 2.02. The van der Waals surface area contributed by atoms with E-state index in [1.165, 1.54) is 4.90 Å². The van der Waals surface area contributed by atoms with Crippen molar-refractivity contribution in [3.05, 3.63) is 35.9 Å². The smallest absolute Gasteiger partial charge is 0.240 e. The van der Waals surface area contributed by atoms with E-state index in [4.69, 9.17) is 5.73 Å². The second-order valence-corrected chi connectivity index (χ2v) is 8.54. The van der Waals surface area contributed by atoms with E-state index in [-0.39, 0.29) is 48.3 Å². The molecule has 0 bridgehead atoms. The van der Waals surface area contributed by atoms with Gasteiger partial charge in [-0.05, 0) is 25.3 Å². The van der Waals surface area contributed by atoms with Crippen molar-refractivity contribution in [3.63, 3.8) is 0 Å². The molecule has 1 saturated heterocycles. The highest BCUT2D eigenvalue weighted by Gasteiger charge is 2.30. The molecule has 1 aliphatic rings. The first kappa shape index (κ1) is 22.4. The maximum Gasteiger partial charge on any atom is 0.240 e. The Hall–Kier alpha value is -1.64. The number of rotatable bonds is 7. The monoisotopic (exact) mass is 403 g/mol. The molecule has 2 atom stereocenters. The molecular weight excluding hydrogens is 378 g/mol. The number of carbonyl (C=O) groups is 2. The molecule has 1 heterocycles. The van der Waals surface area contributed by atoms with E-state index < -0.39 is 15.9 Å². The number of nitrogens with one attached hydrogen (secondary N) is 1. The fourth-order valence-corrected chi connectivity index (χ4v) is 4.56. The van der Waals surface area contributed by atoms with Gasteiger partial charge < -0.3 is 16.0 Å². The Bertz CT molecular complexity index is 712. The van der Waals surface area contributed by atoms with Gasteiger partial charge in [-0.25, -0.2) is 8.42 Å². The Morgan fingerprint density at radius 2 is 1.96 bits per heavy atom. The number of sulfone groups is 1. The molecule has 2 amide bonds. The van der Waals surface area contributed by atoms with E-state index in [1.54, 1.807) is 6.92 Å². The summed E-state index contributed by atoms with van der Waals surface area (Å²) in [6, 6.07) is 8.36. The van der Waals surface area contributed by atoms with Crippen molar-refractivity contribution in [2.45, 2.75) is 31.8 Å². The Balaban J connectivity index is 0.00000338. The van der Waals surface area contributed by atoms with E-state index in [0.29, 0.717) is 19.4 Å². The van der Waals surface area contributed by atoms with Crippen molar-refractivity contribution in [2.75, 3.05) is 24.6 Å². The van der Waals surface area contributed by atoms with Gasteiger partial charge in [0.05, 0.1) is 24.1 Å². The maximum absolute atomic E-state index is 12.5. The number of carbonyl (C=O) groups excluding carboxylic acids is 2. The van der Waals surface area contributed by atoms with Crippen molar-refractivity contribution < 1.29 is 18.0 Å². The third-order valence-electron chi connectivity index (χ3n) is 4.24. The summed E-state index contributed by atoms with van der Waals surface area (Å²) < 4.78 is 22.9. The van der Waals surface area contributed by atoms with Crippen LogP contribution in [0.3, 0.4) is 0 Å². The molecule has 146 valence electrons. The molecule has 0 saturated carbocycles. The van der Waals surface area contributed by atoms with Crippen molar-refractivity contribution in [1.29, 1.82) is 0 Å². The number of hydrogen-bond donors (Lipinski definition) is 2. The van der Waals surface area contributed by atoms with Crippen molar-refractivity contribution in [2.24, 2.45) is 5.73 Å². The topological polar surface area (TPSA) is 110 Å². The number of nitrogens with zero attached hydrogens (tertiary/aromatic N) is 1. The van der Waals surface area contributed by atoms with Gasteiger partial charge in [0, 0.05) is 12.6 Å².